The molecule has 5 heterocycles. The molecule has 1 fully saturated rings. The summed E-state index contributed by atoms with van der Waals surface area (Å²) in [6.07, 6.45) is 1.67. The molecule has 1 aromatic carbocycles. The van der Waals surface area contributed by atoms with Crippen molar-refractivity contribution in [3.8, 4) is 22.8 Å². The minimum absolute atomic E-state index is 0.0149. The molecule has 0 bridgehead atoms. The number of hydrogen-bond donors (Lipinski definition) is 2. The Balaban J connectivity index is 1.59. The zero-order chi connectivity index (χ0) is 24.3. The van der Waals surface area contributed by atoms with Crippen LogP contribution in [0.4, 0.5) is 10.2 Å². The van der Waals surface area contributed by atoms with Crippen molar-refractivity contribution in [1.82, 2.24) is 30.0 Å². The predicted octanol–water partition coefficient (Wildman–Crippen LogP) is 2.05. The molecule has 2 atom stereocenters. The lowest BCUT2D eigenvalue weighted by molar-refractivity contribution is 0.0606. The van der Waals surface area contributed by atoms with E-state index in [-0.39, 0.29) is 57.9 Å². The molecular weight excluding hydrogens is 477 g/mol. The Morgan fingerprint density at radius 3 is 2.97 bits per heavy atom. The molecule has 2 aromatic heterocycles. The topological polar surface area (TPSA) is 109 Å². The smallest absolute Gasteiger partial charge is 0.261 e. The molecule has 1 saturated heterocycles. The van der Waals surface area contributed by atoms with E-state index >= 15 is 0 Å². The maximum Gasteiger partial charge on any atom is 0.261 e. The number of hydrogen-bond acceptors (Lipinski definition) is 8. The molecule has 0 radical (unpaired) electrons. The van der Waals surface area contributed by atoms with E-state index in [1.165, 1.54) is 18.2 Å². The van der Waals surface area contributed by atoms with Crippen molar-refractivity contribution < 1.29 is 19.0 Å². The third kappa shape index (κ3) is 3.49. The fourth-order valence-electron chi connectivity index (χ4n) is 5.01. The van der Waals surface area contributed by atoms with E-state index in [4.69, 9.17) is 21.3 Å². The lowest BCUT2D eigenvalue weighted by Crippen LogP contribution is -2.55. The highest BCUT2D eigenvalue weighted by atomic mass is 35.5. The summed E-state index contributed by atoms with van der Waals surface area (Å²) in [4.78, 5) is 22.4. The van der Waals surface area contributed by atoms with Gasteiger partial charge in [-0.15, -0.1) is 10.2 Å². The quantitative estimate of drug-likeness (QED) is 0.551. The number of rotatable bonds is 2. The zero-order valence-corrected chi connectivity index (χ0v) is 19.7. The maximum absolute atomic E-state index is 14.9. The van der Waals surface area contributed by atoms with Crippen LogP contribution in [-0.4, -0.2) is 74.0 Å². The van der Waals surface area contributed by atoms with Gasteiger partial charge in [-0.2, -0.15) is 0 Å². The molecule has 1 amide bonds. The van der Waals surface area contributed by atoms with Gasteiger partial charge in [0, 0.05) is 32.2 Å². The highest BCUT2D eigenvalue weighted by Gasteiger charge is 2.40. The van der Waals surface area contributed by atoms with Gasteiger partial charge in [-0.05, 0) is 19.1 Å². The van der Waals surface area contributed by atoms with E-state index in [2.05, 4.69) is 15.5 Å². The molecule has 6 rings (SSSR count). The van der Waals surface area contributed by atoms with Crippen molar-refractivity contribution >= 4 is 23.3 Å². The second-order valence-electron chi connectivity index (χ2n) is 8.98. The first-order valence-corrected chi connectivity index (χ1v) is 11.8. The number of phenolic OH excluding ortho intramolecular Hbond substituents is 1. The monoisotopic (exact) mass is 499 g/mol. The second-order valence-corrected chi connectivity index (χ2v) is 9.36. The number of nitrogens with one attached hydrogen (secondary N) is 1. The summed E-state index contributed by atoms with van der Waals surface area (Å²) in [5.74, 6) is -0.0552. The maximum atomic E-state index is 14.9. The van der Waals surface area contributed by atoms with E-state index in [1.807, 2.05) is 16.4 Å². The van der Waals surface area contributed by atoms with E-state index in [1.54, 1.807) is 11.2 Å². The first-order chi connectivity index (χ1) is 16.9. The third-order valence-electron chi connectivity index (χ3n) is 6.82. The van der Waals surface area contributed by atoms with Gasteiger partial charge in [-0.25, -0.2) is 9.37 Å². The van der Waals surface area contributed by atoms with Crippen molar-refractivity contribution in [3.05, 3.63) is 46.8 Å². The summed E-state index contributed by atoms with van der Waals surface area (Å²) >= 11 is 6.75. The number of nitrogens with zero attached hydrogens (tertiary/aromatic N) is 6. The van der Waals surface area contributed by atoms with Crippen molar-refractivity contribution in [3.63, 3.8) is 0 Å². The first kappa shape index (κ1) is 22.1. The summed E-state index contributed by atoms with van der Waals surface area (Å²) in [6, 6.07) is 3.72. The zero-order valence-electron chi connectivity index (χ0n) is 18.9. The molecule has 1 unspecified atom stereocenters. The second kappa shape index (κ2) is 8.35. The molecule has 0 aliphatic carbocycles. The molecule has 10 nitrogen and oxygen atoms in total. The van der Waals surface area contributed by atoms with Crippen LogP contribution in [0.5, 0.6) is 11.5 Å². The van der Waals surface area contributed by atoms with Gasteiger partial charge in [0.1, 0.15) is 46.6 Å². The molecule has 2 N–H and O–H groups in total. The fourth-order valence-corrected chi connectivity index (χ4v) is 5.29. The van der Waals surface area contributed by atoms with Crippen LogP contribution in [0.3, 0.4) is 0 Å². The van der Waals surface area contributed by atoms with Gasteiger partial charge in [-0.1, -0.05) is 17.7 Å². The van der Waals surface area contributed by atoms with Crippen molar-refractivity contribution in [2.24, 2.45) is 0 Å². The number of carbonyl (C=O) groups is 1. The Morgan fingerprint density at radius 2 is 2.14 bits per heavy atom. The van der Waals surface area contributed by atoms with Crippen molar-refractivity contribution in [2.75, 3.05) is 31.1 Å². The number of piperazine rings is 1. The number of amides is 1. The Kier molecular flexibility index (Phi) is 5.26. The van der Waals surface area contributed by atoms with Gasteiger partial charge in [-0.3, -0.25) is 4.79 Å². The summed E-state index contributed by atoms with van der Waals surface area (Å²) < 4.78 is 23.0. The lowest BCUT2D eigenvalue weighted by atomic mass is 10.0. The molecule has 182 valence electrons. The molecule has 0 saturated carbocycles. The summed E-state index contributed by atoms with van der Waals surface area (Å²) in [5, 5.41) is 22.0. The van der Waals surface area contributed by atoms with E-state index in [0.29, 0.717) is 44.4 Å². The Morgan fingerprint density at radius 1 is 1.29 bits per heavy atom. The minimum Gasteiger partial charge on any atom is -0.507 e. The summed E-state index contributed by atoms with van der Waals surface area (Å²) in [7, 11) is 0. The van der Waals surface area contributed by atoms with Gasteiger partial charge < -0.3 is 29.5 Å². The molecule has 12 heteroatoms. The van der Waals surface area contributed by atoms with Crippen LogP contribution in [0.25, 0.3) is 11.3 Å². The Hall–Kier alpha value is -3.44. The normalized spacial score (nSPS) is 21.6. The largest absolute Gasteiger partial charge is 0.507 e. The Bertz CT molecular complexity index is 1310. The number of phenols is 1. The SMILES string of the molecule is CC1Cn2cnnc2CN1c1nc(-c2c(O)cccc2F)c(Cl)c2c1C(=O)N1CCNC[C@@H]1CO2. The van der Waals surface area contributed by atoms with Crippen LogP contribution in [-0.2, 0) is 13.1 Å². The number of ether oxygens (including phenoxy) is 1. The summed E-state index contributed by atoms with van der Waals surface area (Å²) in [5.41, 5.74) is 0.105. The number of carbonyl (C=O) groups excluding carboxylic acids is 1. The number of aromatic hydroxyl groups is 1. The summed E-state index contributed by atoms with van der Waals surface area (Å²) in [6.45, 7) is 4.91. The lowest BCUT2D eigenvalue weighted by Gasteiger charge is -2.37. The van der Waals surface area contributed by atoms with Crippen LogP contribution >= 0.6 is 11.6 Å². The molecule has 3 aliphatic heterocycles. The molecular formula is C23H23ClFN7O3. The van der Waals surface area contributed by atoms with Crippen LogP contribution < -0.4 is 15.0 Å². The van der Waals surface area contributed by atoms with Gasteiger partial charge in [0.2, 0.25) is 0 Å². The standard InChI is InChI=1S/C23H23ClFN7O3/c1-12-8-30-11-27-29-16(30)9-32(12)22-18-21(35-10-13-7-26-5-6-31(13)23(18)34)19(24)20(28-22)17-14(25)3-2-4-15(17)33/h2-4,11-13,26,33H,5-10H2,1H3/t12?,13-/m1/s1. The van der Waals surface area contributed by atoms with E-state index < -0.39 is 5.82 Å². The molecule has 35 heavy (non-hydrogen) atoms. The minimum atomic E-state index is -0.682. The van der Waals surface area contributed by atoms with E-state index in [9.17, 15) is 14.3 Å². The van der Waals surface area contributed by atoms with Gasteiger partial charge in [0.25, 0.3) is 5.91 Å². The average Bonchev–Trinajstić information content (AvgIpc) is 3.24. The van der Waals surface area contributed by atoms with Gasteiger partial charge >= 0.3 is 0 Å². The fraction of sp³-hybridized carbons (Fsp3) is 0.391. The Labute approximate surface area is 205 Å². The average molecular weight is 500 g/mol. The van der Waals surface area contributed by atoms with Crippen molar-refractivity contribution in [2.45, 2.75) is 32.1 Å². The highest BCUT2D eigenvalue weighted by molar-refractivity contribution is 6.35. The number of aromatic nitrogens is 4. The molecule has 3 aromatic rings. The highest BCUT2D eigenvalue weighted by Crippen LogP contribution is 2.46. The van der Waals surface area contributed by atoms with Crippen LogP contribution in [0.1, 0.15) is 23.1 Å². The molecule has 0 spiro atoms. The van der Waals surface area contributed by atoms with E-state index in [0.717, 1.165) is 0 Å². The van der Waals surface area contributed by atoms with Crippen LogP contribution in [0.2, 0.25) is 5.02 Å². The van der Waals surface area contributed by atoms with Crippen LogP contribution in [0.15, 0.2) is 24.5 Å². The predicted molar refractivity (Wildman–Crippen MR) is 125 cm³/mol. The third-order valence-corrected chi connectivity index (χ3v) is 7.17. The van der Waals surface area contributed by atoms with Gasteiger partial charge in [0.05, 0.1) is 18.2 Å². The van der Waals surface area contributed by atoms with Gasteiger partial charge in [0.15, 0.2) is 11.6 Å². The molecule has 3 aliphatic rings. The number of fused-ring (bicyclic) bond motifs is 3. The van der Waals surface area contributed by atoms with Crippen molar-refractivity contribution in [1.29, 1.82) is 0 Å². The van der Waals surface area contributed by atoms with Crippen LogP contribution in [0, 0.1) is 5.82 Å². The number of benzene rings is 1. The number of halogens is 2. The number of pyridine rings is 1. The first-order valence-electron chi connectivity index (χ1n) is 11.4. The number of anilines is 1.